The van der Waals surface area contributed by atoms with Gasteiger partial charge in [0, 0.05) is 25.9 Å². The Kier molecular flexibility index (Phi) is 4.57. The second-order valence-corrected chi connectivity index (χ2v) is 6.44. The summed E-state index contributed by atoms with van der Waals surface area (Å²) in [5.41, 5.74) is 6.44. The van der Waals surface area contributed by atoms with Crippen LogP contribution in [0.25, 0.3) is 0 Å². The van der Waals surface area contributed by atoms with E-state index in [9.17, 15) is 4.79 Å². The van der Waals surface area contributed by atoms with Gasteiger partial charge in [0.25, 0.3) is 5.91 Å². The molecule has 2 N–H and O–H groups in total. The van der Waals surface area contributed by atoms with Crippen molar-refractivity contribution in [3.63, 3.8) is 0 Å². The minimum absolute atomic E-state index is 0.000602. The van der Waals surface area contributed by atoms with Gasteiger partial charge in [-0.05, 0) is 18.4 Å². The number of methoxy groups -OCH3 is 1. The lowest BCUT2D eigenvalue weighted by Gasteiger charge is -2.23. The minimum atomic E-state index is -0.168. The number of carbonyl (C=O) groups excluding carboxylic acids is 1. The van der Waals surface area contributed by atoms with Crippen LogP contribution in [-0.2, 0) is 11.3 Å². The van der Waals surface area contributed by atoms with Crippen LogP contribution in [0.1, 0.15) is 42.4 Å². The van der Waals surface area contributed by atoms with Crippen LogP contribution >= 0.6 is 0 Å². The summed E-state index contributed by atoms with van der Waals surface area (Å²) in [5.74, 6) is 0.772. The molecular weight excluding hydrogens is 310 g/mol. The number of nitrogen functional groups attached to an aromatic ring is 1. The SMILES string of the molecule is CO[C@H]1C[C@@H](Cn2ccc(N)n2)N(C(=O)c2cc(C(C)C)no2)C1. The zero-order valence-corrected chi connectivity index (χ0v) is 14.2. The van der Waals surface area contributed by atoms with Crippen LogP contribution in [0, 0.1) is 0 Å². The highest BCUT2D eigenvalue weighted by atomic mass is 16.5. The molecule has 1 amide bonds. The van der Waals surface area contributed by atoms with E-state index in [-0.39, 0.29) is 29.7 Å². The second-order valence-electron chi connectivity index (χ2n) is 6.44. The largest absolute Gasteiger partial charge is 0.382 e. The molecule has 2 atom stereocenters. The minimum Gasteiger partial charge on any atom is -0.382 e. The molecule has 2 aromatic rings. The molecule has 24 heavy (non-hydrogen) atoms. The van der Waals surface area contributed by atoms with Crippen molar-refractivity contribution < 1.29 is 14.1 Å². The number of aromatic nitrogens is 3. The van der Waals surface area contributed by atoms with Crippen LogP contribution in [0.2, 0.25) is 0 Å². The van der Waals surface area contributed by atoms with Crippen molar-refractivity contribution in [2.45, 2.75) is 44.9 Å². The molecule has 3 rings (SSSR count). The van der Waals surface area contributed by atoms with E-state index in [0.29, 0.717) is 18.9 Å². The number of rotatable bonds is 5. The maximum atomic E-state index is 12.8. The molecular formula is C16H23N5O3. The van der Waals surface area contributed by atoms with Crippen LogP contribution in [0.3, 0.4) is 0 Å². The third-order valence-electron chi connectivity index (χ3n) is 4.36. The van der Waals surface area contributed by atoms with E-state index in [0.717, 1.165) is 12.1 Å². The lowest BCUT2D eigenvalue weighted by Crippen LogP contribution is -2.38. The first-order chi connectivity index (χ1) is 11.5. The van der Waals surface area contributed by atoms with Crippen molar-refractivity contribution in [1.82, 2.24) is 19.8 Å². The van der Waals surface area contributed by atoms with Gasteiger partial charge in [-0.15, -0.1) is 0 Å². The van der Waals surface area contributed by atoms with E-state index in [1.54, 1.807) is 28.8 Å². The number of nitrogens with zero attached hydrogens (tertiary/aromatic N) is 4. The third-order valence-corrected chi connectivity index (χ3v) is 4.36. The Hall–Kier alpha value is -2.35. The van der Waals surface area contributed by atoms with Gasteiger partial charge in [-0.3, -0.25) is 9.48 Å². The summed E-state index contributed by atoms with van der Waals surface area (Å²) >= 11 is 0. The predicted molar refractivity (Wildman–Crippen MR) is 87.5 cm³/mol. The maximum Gasteiger partial charge on any atom is 0.292 e. The predicted octanol–water partition coefficient (Wildman–Crippen LogP) is 1.51. The fourth-order valence-electron chi connectivity index (χ4n) is 2.96. The Bertz CT molecular complexity index is 708. The molecule has 0 aliphatic carbocycles. The quantitative estimate of drug-likeness (QED) is 0.890. The molecule has 0 aromatic carbocycles. The van der Waals surface area contributed by atoms with Crippen LogP contribution in [-0.4, -0.2) is 51.5 Å². The number of hydrogen-bond donors (Lipinski definition) is 1. The molecule has 0 spiro atoms. The van der Waals surface area contributed by atoms with Gasteiger partial charge in [-0.1, -0.05) is 19.0 Å². The first kappa shape index (κ1) is 16.5. The summed E-state index contributed by atoms with van der Waals surface area (Å²) in [7, 11) is 1.66. The molecule has 0 radical (unpaired) electrons. The summed E-state index contributed by atoms with van der Waals surface area (Å²) < 4.78 is 12.4. The maximum absolute atomic E-state index is 12.8. The van der Waals surface area contributed by atoms with Crippen molar-refractivity contribution in [3.8, 4) is 0 Å². The molecule has 1 saturated heterocycles. The van der Waals surface area contributed by atoms with Crippen molar-refractivity contribution >= 4 is 11.7 Å². The molecule has 0 saturated carbocycles. The van der Waals surface area contributed by atoms with E-state index in [1.807, 2.05) is 20.0 Å². The van der Waals surface area contributed by atoms with E-state index >= 15 is 0 Å². The highest BCUT2D eigenvalue weighted by molar-refractivity contribution is 5.92. The first-order valence-electron chi connectivity index (χ1n) is 8.07. The first-order valence-corrected chi connectivity index (χ1v) is 8.07. The molecule has 130 valence electrons. The van der Waals surface area contributed by atoms with E-state index in [2.05, 4.69) is 10.3 Å². The molecule has 3 heterocycles. The summed E-state index contributed by atoms with van der Waals surface area (Å²) in [6.07, 6.45) is 2.55. The van der Waals surface area contributed by atoms with E-state index in [4.69, 9.17) is 15.0 Å². The van der Waals surface area contributed by atoms with Gasteiger partial charge in [0.05, 0.1) is 24.4 Å². The number of nitrogens with two attached hydrogens (primary N) is 1. The van der Waals surface area contributed by atoms with Crippen molar-refractivity contribution in [2.24, 2.45) is 0 Å². The number of ether oxygens (including phenoxy) is 1. The second kappa shape index (κ2) is 6.64. The van der Waals surface area contributed by atoms with Crippen LogP contribution in [0.4, 0.5) is 5.82 Å². The van der Waals surface area contributed by atoms with Crippen LogP contribution in [0.15, 0.2) is 22.9 Å². The highest BCUT2D eigenvalue weighted by Crippen LogP contribution is 2.25. The van der Waals surface area contributed by atoms with Gasteiger partial charge in [0.2, 0.25) is 5.76 Å². The lowest BCUT2D eigenvalue weighted by atomic mass is 10.1. The number of likely N-dealkylation sites (tertiary alicyclic amines) is 1. The van der Waals surface area contributed by atoms with Gasteiger partial charge in [0.15, 0.2) is 0 Å². The van der Waals surface area contributed by atoms with Crippen molar-refractivity contribution in [1.29, 1.82) is 0 Å². The smallest absolute Gasteiger partial charge is 0.292 e. The van der Waals surface area contributed by atoms with Crippen LogP contribution in [0.5, 0.6) is 0 Å². The average molecular weight is 333 g/mol. The zero-order chi connectivity index (χ0) is 17.3. The van der Waals surface area contributed by atoms with Gasteiger partial charge in [0.1, 0.15) is 5.82 Å². The Balaban J connectivity index is 1.78. The van der Waals surface area contributed by atoms with Crippen molar-refractivity contribution in [3.05, 3.63) is 29.8 Å². The fourth-order valence-corrected chi connectivity index (χ4v) is 2.96. The molecule has 1 aliphatic rings. The Morgan fingerprint density at radius 3 is 2.92 bits per heavy atom. The fraction of sp³-hybridized carbons (Fsp3) is 0.562. The number of carbonyl (C=O) groups is 1. The average Bonchev–Trinajstić information content (AvgIpc) is 3.26. The summed E-state index contributed by atoms with van der Waals surface area (Å²) in [6.45, 7) is 5.10. The number of amides is 1. The summed E-state index contributed by atoms with van der Waals surface area (Å²) in [5, 5.41) is 8.17. The molecule has 1 aliphatic heterocycles. The van der Waals surface area contributed by atoms with Gasteiger partial charge in [-0.25, -0.2) is 0 Å². The zero-order valence-electron chi connectivity index (χ0n) is 14.2. The topological polar surface area (TPSA) is 99.4 Å². The van der Waals surface area contributed by atoms with Gasteiger partial charge in [-0.2, -0.15) is 5.10 Å². The molecule has 2 aromatic heterocycles. The van der Waals surface area contributed by atoms with Gasteiger partial charge >= 0.3 is 0 Å². The normalized spacial score (nSPS) is 20.9. The lowest BCUT2D eigenvalue weighted by molar-refractivity contribution is 0.0639. The number of anilines is 1. The molecule has 8 nitrogen and oxygen atoms in total. The molecule has 1 fully saturated rings. The summed E-state index contributed by atoms with van der Waals surface area (Å²) in [6, 6.07) is 3.42. The monoisotopic (exact) mass is 333 g/mol. The van der Waals surface area contributed by atoms with Crippen molar-refractivity contribution in [2.75, 3.05) is 19.4 Å². The van der Waals surface area contributed by atoms with Crippen LogP contribution < -0.4 is 5.73 Å². The van der Waals surface area contributed by atoms with Gasteiger partial charge < -0.3 is 19.9 Å². The molecule has 8 heteroatoms. The standard InChI is InChI=1S/C16H23N5O3/c1-10(2)13-7-14(24-19-13)16(22)21-9-12(23-3)6-11(21)8-20-5-4-15(17)18-20/h4-5,7,10-12H,6,8-9H2,1-3H3,(H2,17,18)/t11-,12-/m0/s1. The Morgan fingerprint density at radius 2 is 2.33 bits per heavy atom. The molecule has 0 unspecified atom stereocenters. The van der Waals surface area contributed by atoms with E-state index in [1.165, 1.54) is 0 Å². The highest BCUT2D eigenvalue weighted by Gasteiger charge is 2.37. The van der Waals surface area contributed by atoms with E-state index < -0.39 is 0 Å². The molecule has 0 bridgehead atoms. The Morgan fingerprint density at radius 1 is 1.54 bits per heavy atom. The third kappa shape index (κ3) is 3.28. The summed E-state index contributed by atoms with van der Waals surface area (Å²) in [4.78, 5) is 14.6. The number of hydrogen-bond acceptors (Lipinski definition) is 6. The Labute approximate surface area is 140 Å².